The van der Waals surface area contributed by atoms with E-state index in [0.29, 0.717) is 9.79 Å². The molecule has 0 unspecified atom stereocenters. The summed E-state index contributed by atoms with van der Waals surface area (Å²) < 4.78 is 26.8. The van der Waals surface area contributed by atoms with Gasteiger partial charge < -0.3 is 0 Å². The van der Waals surface area contributed by atoms with Crippen LogP contribution in [0.3, 0.4) is 0 Å². The third kappa shape index (κ3) is 3.29. The van der Waals surface area contributed by atoms with Crippen LogP contribution in [-0.2, 0) is 9.84 Å². The van der Waals surface area contributed by atoms with Crippen LogP contribution in [0.25, 0.3) is 22.3 Å². The van der Waals surface area contributed by atoms with Crippen LogP contribution < -0.4 is 0 Å². The van der Waals surface area contributed by atoms with Crippen LogP contribution in [0.4, 0.5) is 0 Å². The average molecular weight is 370 g/mol. The van der Waals surface area contributed by atoms with E-state index in [2.05, 4.69) is 0 Å². The zero-order valence-electron chi connectivity index (χ0n) is 14.6. The van der Waals surface area contributed by atoms with Gasteiger partial charge in [0.25, 0.3) is 0 Å². The Balaban J connectivity index is 2.04. The molecule has 27 heavy (non-hydrogen) atoms. The molecular weight excluding hydrogens is 352 g/mol. The largest absolute Gasteiger partial charge is 0.218 e. The van der Waals surface area contributed by atoms with Gasteiger partial charge in [-0.3, -0.25) is 0 Å². The van der Waals surface area contributed by atoms with Crippen molar-refractivity contribution in [2.75, 3.05) is 0 Å². The van der Waals surface area contributed by atoms with Crippen LogP contribution >= 0.6 is 0 Å². The summed E-state index contributed by atoms with van der Waals surface area (Å²) in [5, 5.41) is 0. The first-order valence-corrected chi connectivity index (χ1v) is 10.2. The quantitative estimate of drug-likeness (QED) is 0.451. The Kier molecular flexibility index (Phi) is 4.61. The Morgan fingerprint density at radius 1 is 0.481 bits per heavy atom. The third-order valence-electron chi connectivity index (χ3n) is 4.52. The van der Waals surface area contributed by atoms with Gasteiger partial charge in [0.15, 0.2) is 0 Å². The lowest BCUT2D eigenvalue weighted by atomic mass is 9.94. The number of sulfone groups is 1. The lowest BCUT2D eigenvalue weighted by Crippen LogP contribution is -2.05. The minimum Gasteiger partial charge on any atom is -0.218 e. The van der Waals surface area contributed by atoms with E-state index >= 15 is 0 Å². The lowest BCUT2D eigenvalue weighted by molar-refractivity contribution is 0.596. The van der Waals surface area contributed by atoms with Crippen molar-refractivity contribution < 1.29 is 8.42 Å². The zero-order chi connectivity index (χ0) is 18.7. The Bertz CT molecular complexity index is 1150. The molecule has 0 spiro atoms. The molecular formula is C24H18O2S. The summed E-state index contributed by atoms with van der Waals surface area (Å²) in [4.78, 5) is 0.619. The van der Waals surface area contributed by atoms with Gasteiger partial charge in [0, 0.05) is 5.56 Å². The molecule has 0 aliphatic carbocycles. The van der Waals surface area contributed by atoms with Gasteiger partial charge >= 0.3 is 0 Å². The summed E-state index contributed by atoms with van der Waals surface area (Å²) in [5.41, 5.74) is 3.50. The molecule has 0 saturated carbocycles. The second-order valence-corrected chi connectivity index (χ2v) is 8.15. The Labute approximate surface area is 159 Å². The molecule has 0 aliphatic heterocycles. The summed E-state index contributed by atoms with van der Waals surface area (Å²) in [6.07, 6.45) is 0. The van der Waals surface area contributed by atoms with Gasteiger partial charge in [-0.1, -0.05) is 91.0 Å². The Hall–Kier alpha value is -3.17. The van der Waals surface area contributed by atoms with Crippen molar-refractivity contribution >= 4 is 9.84 Å². The molecule has 2 nitrogen and oxygen atoms in total. The fourth-order valence-corrected chi connectivity index (χ4v) is 4.77. The molecule has 4 rings (SSSR count). The van der Waals surface area contributed by atoms with Crippen molar-refractivity contribution in [2.24, 2.45) is 0 Å². The molecule has 0 amide bonds. The number of hydrogen-bond acceptors (Lipinski definition) is 2. The second kappa shape index (κ2) is 7.22. The molecule has 3 heteroatoms. The molecule has 0 aromatic heterocycles. The maximum absolute atomic E-state index is 13.4. The topological polar surface area (TPSA) is 34.1 Å². The SMILES string of the molecule is O=S(=O)(c1ccccc1)c1cccc(-c2ccccc2)c1-c1ccccc1. The molecule has 0 heterocycles. The molecule has 0 atom stereocenters. The minimum atomic E-state index is -3.65. The first-order chi connectivity index (χ1) is 13.2. The number of hydrogen-bond donors (Lipinski definition) is 0. The highest BCUT2D eigenvalue weighted by Crippen LogP contribution is 2.39. The summed E-state index contributed by atoms with van der Waals surface area (Å²) >= 11 is 0. The molecule has 0 N–H and O–H groups in total. The van der Waals surface area contributed by atoms with Gasteiger partial charge in [0.05, 0.1) is 9.79 Å². The Morgan fingerprint density at radius 2 is 1.00 bits per heavy atom. The van der Waals surface area contributed by atoms with Gasteiger partial charge in [-0.05, 0) is 34.9 Å². The highest BCUT2D eigenvalue weighted by atomic mass is 32.2. The van der Waals surface area contributed by atoms with E-state index in [1.54, 1.807) is 30.3 Å². The molecule has 0 fully saturated rings. The van der Waals surface area contributed by atoms with E-state index < -0.39 is 9.84 Å². The van der Waals surface area contributed by atoms with Gasteiger partial charge in [0.1, 0.15) is 0 Å². The van der Waals surface area contributed by atoms with Crippen molar-refractivity contribution in [3.8, 4) is 22.3 Å². The van der Waals surface area contributed by atoms with Crippen molar-refractivity contribution in [3.05, 3.63) is 109 Å². The van der Waals surface area contributed by atoms with Gasteiger partial charge in [-0.25, -0.2) is 8.42 Å². The smallest absolute Gasteiger partial charge is 0.207 e. The monoisotopic (exact) mass is 370 g/mol. The van der Waals surface area contributed by atoms with Crippen LogP contribution in [0.5, 0.6) is 0 Å². The molecule has 0 bridgehead atoms. The van der Waals surface area contributed by atoms with E-state index in [0.717, 1.165) is 22.3 Å². The van der Waals surface area contributed by atoms with E-state index in [-0.39, 0.29) is 0 Å². The maximum atomic E-state index is 13.4. The second-order valence-electron chi connectivity index (χ2n) is 6.23. The van der Waals surface area contributed by atoms with E-state index in [4.69, 9.17) is 0 Å². The molecule has 0 radical (unpaired) electrons. The van der Waals surface area contributed by atoms with E-state index in [1.807, 2.05) is 78.9 Å². The van der Waals surface area contributed by atoms with Crippen LogP contribution in [0.15, 0.2) is 119 Å². The summed E-state index contributed by atoms with van der Waals surface area (Å²) in [5.74, 6) is 0. The zero-order valence-corrected chi connectivity index (χ0v) is 15.4. The lowest BCUT2D eigenvalue weighted by Gasteiger charge is -2.16. The van der Waals surface area contributed by atoms with Crippen molar-refractivity contribution in [2.45, 2.75) is 9.79 Å². The van der Waals surface area contributed by atoms with Gasteiger partial charge in [-0.2, -0.15) is 0 Å². The van der Waals surface area contributed by atoms with Gasteiger partial charge in [-0.15, -0.1) is 0 Å². The predicted octanol–water partition coefficient (Wildman–Crippen LogP) is 5.85. The summed E-state index contributed by atoms with van der Waals surface area (Å²) in [6, 6.07) is 33.6. The molecule has 4 aromatic carbocycles. The summed E-state index contributed by atoms with van der Waals surface area (Å²) in [6.45, 7) is 0. The van der Waals surface area contributed by atoms with Crippen molar-refractivity contribution in [1.82, 2.24) is 0 Å². The van der Waals surface area contributed by atoms with Crippen LogP contribution in [-0.4, -0.2) is 8.42 Å². The minimum absolute atomic E-state index is 0.299. The standard InChI is InChI=1S/C24H18O2S/c25-27(26,21-15-8-3-9-16-21)23-18-10-17-22(19-11-4-1-5-12-19)24(23)20-13-6-2-7-14-20/h1-18H. The van der Waals surface area contributed by atoms with Crippen LogP contribution in [0, 0.1) is 0 Å². The van der Waals surface area contributed by atoms with Crippen LogP contribution in [0.2, 0.25) is 0 Å². The van der Waals surface area contributed by atoms with E-state index in [1.165, 1.54) is 0 Å². The highest BCUT2D eigenvalue weighted by molar-refractivity contribution is 7.91. The maximum Gasteiger partial charge on any atom is 0.207 e. The first-order valence-electron chi connectivity index (χ1n) is 8.72. The van der Waals surface area contributed by atoms with Crippen molar-refractivity contribution in [3.63, 3.8) is 0 Å². The predicted molar refractivity (Wildman–Crippen MR) is 109 cm³/mol. The Morgan fingerprint density at radius 3 is 1.59 bits per heavy atom. The number of rotatable bonds is 4. The fourth-order valence-electron chi connectivity index (χ4n) is 3.24. The normalized spacial score (nSPS) is 11.3. The molecule has 4 aromatic rings. The third-order valence-corrected chi connectivity index (χ3v) is 6.33. The van der Waals surface area contributed by atoms with Gasteiger partial charge in [0.2, 0.25) is 9.84 Å². The highest BCUT2D eigenvalue weighted by Gasteiger charge is 2.24. The number of benzene rings is 4. The van der Waals surface area contributed by atoms with Crippen LogP contribution in [0.1, 0.15) is 0 Å². The molecule has 132 valence electrons. The fraction of sp³-hybridized carbons (Fsp3) is 0. The average Bonchev–Trinajstić information content (AvgIpc) is 2.75. The molecule has 0 aliphatic rings. The molecule has 0 saturated heterocycles. The summed E-state index contributed by atoms with van der Waals surface area (Å²) in [7, 11) is -3.65. The van der Waals surface area contributed by atoms with Crippen molar-refractivity contribution in [1.29, 1.82) is 0 Å². The van der Waals surface area contributed by atoms with E-state index in [9.17, 15) is 8.42 Å². The first kappa shape index (κ1) is 17.3.